The molecule has 16 heavy (non-hydrogen) atoms. The lowest BCUT2D eigenvalue weighted by Gasteiger charge is -2.27. The number of anilines is 1. The van der Waals surface area contributed by atoms with E-state index in [1.54, 1.807) is 0 Å². The molecule has 1 N–H and O–H groups in total. The van der Waals surface area contributed by atoms with Gasteiger partial charge in [-0.3, -0.25) is 4.99 Å². The molecule has 1 heterocycles. The maximum Gasteiger partial charge on any atom is 0.161 e. The second-order valence-corrected chi connectivity index (χ2v) is 5.98. The molecule has 86 valence electrons. The Kier molecular flexibility index (Phi) is 3.24. The number of thioether (sulfide) groups is 1. The minimum absolute atomic E-state index is 0.335. The van der Waals surface area contributed by atoms with Crippen molar-refractivity contribution in [3.05, 3.63) is 29.8 Å². The highest BCUT2D eigenvalue weighted by Crippen LogP contribution is 2.28. The first kappa shape index (κ1) is 11.5. The molecule has 1 aromatic rings. The van der Waals surface area contributed by atoms with Crippen LogP contribution >= 0.6 is 11.8 Å². The molecule has 0 radical (unpaired) electrons. The Balaban J connectivity index is 2.07. The molecule has 0 saturated carbocycles. The number of hydrogen-bond donors (Lipinski definition) is 1. The van der Waals surface area contributed by atoms with Crippen LogP contribution in [0.25, 0.3) is 0 Å². The van der Waals surface area contributed by atoms with Crippen molar-refractivity contribution >= 4 is 22.6 Å². The molecule has 0 saturated heterocycles. The van der Waals surface area contributed by atoms with Crippen LogP contribution in [0.1, 0.15) is 19.4 Å². The molecule has 0 amide bonds. The van der Waals surface area contributed by atoms with Crippen molar-refractivity contribution in [3.63, 3.8) is 0 Å². The van der Waals surface area contributed by atoms with Gasteiger partial charge in [-0.15, -0.1) is 0 Å². The lowest BCUT2D eigenvalue weighted by atomic mass is 9.97. The predicted molar refractivity (Wildman–Crippen MR) is 73.3 cm³/mol. The van der Waals surface area contributed by atoms with Crippen molar-refractivity contribution in [1.82, 2.24) is 0 Å². The van der Waals surface area contributed by atoms with Gasteiger partial charge in [-0.05, 0) is 24.0 Å². The zero-order valence-electron chi connectivity index (χ0n) is 10.1. The summed E-state index contributed by atoms with van der Waals surface area (Å²) in [7, 11) is 0. The van der Waals surface area contributed by atoms with Crippen molar-refractivity contribution < 1.29 is 0 Å². The van der Waals surface area contributed by atoms with Crippen molar-refractivity contribution in [1.29, 1.82) is 0 Å². The first-order valence-corrected chi connectivity index (χ1v) is 6.55. The van der Waals surface area contributed by atoms with Gasteiger partial charge < -0.3 is 5.32 Å². The molecule has 1 aliphatic heterocycles. The predicted octanol–water partition coefficient (Wildman–Crippen LogP) is 3.54. The first-order chi connectivity index (χ1) is 7.57. The molecule has 0 unspecified atom stereocenters. The summed E-state index contributed by atoms with van der Waals surface area (Å²) in [5.74, 6) is 1.13. The van der Waals surface area contributed by atoms with Crippen LogP contribution in [-0.2, 0) is 0 Å². The largest absolute Gasteiger partial charge is 0.335 e. The fourth-order valence-electron chi connectivity index (χ4n) is 1.54. The normalized spacial score (nSPS) is 19.1. The summed E-state index contributed by atoms with van der Waals surface area (Å²) >= 11 is 1.81. The SMILES string of the molecule is Cc1ccccc1NC1=NCC(C)(C)CS1. The highest BCUT2D eigenvalue weighted by atomic mass is 32.2. The third-order valence-electron chi connectivity index (χ3n) is 2.64. The fraction of sp³-hybridized carbons (Fsp3) is 0.462. The van der Waals surface area contributed by atoms with Crippen molar-refractivity contribution in [2.24, 2.45) is 10.4 Å². The number of hydrogen-bond acceptors (Lipinski definition) is 3. The zero-order chi connectivity index (χ0) is 11.6. The van der Waals surface area contributed by atoms with Crippen LogP contribution < -0.4 is 5.32 Å². The van der Waals surface area contributed by atoms with E-state index in [4.69, 9.17) is 0 Å². The van der Waals surface area contributed by atoms with Crippen LogP contribution in [0.15, 0.2) is 29.3 Å². The van der Waals surface area contributed by atoms with E-state index in [0.717, 1.165) is 23.2 Å². The van der Waals surface area contributed by atoms with E-state index in [0.29, 0.717) is 5.41 Å². The number of rotatable bonds is 1. The van der Waals surface area contributed by atoms with Crippen LogP contribution in [0.4, 0.5) is 5.69 Å². The number of nitrogens with one attached hydrogen (secondary N) is 1. The summed E-state index contributed by atoms with van der Waals surface area (Å²) in [6.45, 7) is 7.54. The van der Waals surface area contributed by atoms with E-state index < -0.39 is 0 Å². The monoisotopic (exact) mass is 234 g/mol. The number of aliphatic imine (C=N–C) groups is 1. The van der Waals surface area contributed by atoms with E-state index in [2.05, 4.69) is 49.3 Å². The molecule has 0 bridgehead atoms. The van der Waals surface area contributed by atoms with Gasteiger partial charge in [0.2, 0.25) is 0 Å². The Morgan fingerprint density at radius 3 is 2.69 bits per heavy atom. The lowest BCUT2D eigenvalue weighted by Crippen LogP contribution is -2.27. The van der Waals surface area contributed by atoms with Crippen molar-refractivity contribution in [2.45, 2.75) is 20.8 Å². The van der Waals surface area contributed by atoms with Gasteiger partial charge in [-0.1, -0.05) is 43.8 Å². The molecule has 1 aromatic carbocycles. The molecule has 0 atom stereocenters. The Morgan fingerprint density at radius 2 is 2.06 bits per heavy atom. The minimum atomic E-state index is 0.335. The summed E-state index contributed by atoms with van der Waals surface area (Å²) in [4.78, 5) is 4.59. The van der Waals surface area contributed by atoms with Gasteiger partial charge in [0, 0.05) is 18.0 Å². The minimum Gasteiger partial charge on any atom is -0.335 e. The van der Waals surface area contributed by atoms with E-state index in [1.807, 2.05) is 17.8 Å². The van der Waals surface area contributed by atoms with E-state index in [1.165, 1.54) is 5.56 Å². The number of amidine groups is 1. The highest BCUT2D eigenvalue weighted by molar-refractivity contribution is 8.14. The number of nitrogens with zero attached hydrogens (tertiary/aromatic N) is 1. The third-order valence-corrected chi connectivity index (χ3v) is 4.07. The average molecular weight is 234 g/mol. The van der Waals surface area contributed by atoms with Crippen LogP contribution in [0.3, 0.4) is 0 Å². The highest BCUT2D eigenvalue weighted by Gasteiger charge is 2.23. The molecule has 1 aliphatic rings. The number of para-hydroxylation sites is 1. The molecule has 0 fully saturated rings. The van der Waals surface area contributed by atoms with E-state index in [-0.39, 0.29) is 0 Å². The van der Waals surface area contributed by atoms with Crippen LogP contribution in [0, 0.1) is 12.3 Å². The molecule has 2 nitrogen and oxygen atoms in total. The lowest BCUT2D eigenvalue weighted by molar-refractivity contribution is 0.438. The second-order valence-electron chi connectivity index (χ2n) is 5.01. The molecule has 0 spiro atoms. The maximum absolute atomic E-state index is 4.59. The van der Waals surface area contributed by atoms with Gasteiger partial charge in [0.05, 0.1) is 0 Å². The molecule has 0 aliphatic carbocycles. The Bertz CT molecular complexity index is 410. The van der Waals surface area contributed by atoms with Crippen molar-refractivity contribution in [3.8, 4) is 0 Å². The Hall–Kier alpha value is -0.960. The van der Waals surface area contributed by atoms with Crippen LogP contribution in [-0.4, -0.2) is 17.5 Å². The standard InChI is InChI=1S/C13H18N2S/c1-10-6-4-5-7-11(10)15-12-14-8-13(2,3)9-16-12/h4-7H,8-9H2,1-3H3,(H,14,15). The molecular formula is C13H18N2S. The topological polar surface area (TPSA) is 24.4 Å². The summed E-state index contributed by atoms with van der Waals surface area (Å²) in [6, 6.07) is 8.31. The van der Waals surface area contributed by atoms with Gasteiger partial charge in [0.15, 0.2) is 5.17 Å². The zero-order valence-corrected chi connectivity index (χ0v) is 10.9. The summed E-state index contributed by atoms with van der Waals surface area (Å²) < 4.78 is 0. The molecule has 3 heteroatoms. The quantitative estimate of drug-likeness (QED) is 0.803. The summed E-state index contributed by atoms with van der Waals surface area (Å²) in [5, 5.41) is 4.45. The summed E-state index contributed by atoms with van der Waals surface area (Å²) in [6.07, 6.45) is 0. The van der Waals surface area contributed by atoms with Crippen LogP contribution in [0.5, 0.6) is 0 Å². The van der Waals surface area contributed by atoms with Gasteiger partial charge in [-0.25, -0.2) is 0 Å². The maximum atomic E-state index is 4.59. The fourth-order valence-corrected chi connectivity index (χ4v) is 2.50. The van der Waals surface area contributed by atoms with Crippen molar-refractivity contribution in [2.75, 3.05) is 17.6 Å². The molecular weight excluding hydrogens is 216 g/mol. The number of benzene rings is 1. The first-order valence-electron chi connectivity index (χ1n) is 5.57. The van der Waals surface area contributed by atoms with Gasteiger partial charge in [0.1, 0.15) is 0 Å². The smallest absolute Gasteiger partial charge is 0.161 e. The van der Waals surface area contributed by atoms with Crippen LogP contribution in [0.2, 0.25) is 0 Å². The van der Waals surface area contributed by atoms with E-state index in [9.17, 15) is 0 Å². The molecule has 2 rings (SSSR count). The average Bonchev–Trinajstić information content (AvgIpc) is 2.24. The molecule has 0 aromatic heterocycles. The van der Waals surface area contributed by atoms with E-state index >= 15 is 0 Å². The second kappa shape index (κ2) is 4.50. The van der Waals surface area contributed by atoms with Gasteiger partial charge in [-0.2, -0.15) is 0 Å². The Labute approximate surface area is 102 Å². The summed E-state index contributed by atoms with van der Waals surface area (Å²) in [5.41, 5.74) is 2.76. The Morgan fingerprint density at radius 1 is 1.31 bits per heavy atom. The number of aryl methyl sites for hydroxylation is 1. The third kappa shape index (κ3) is 2.79. The van der Waals surface area contributed by atoms with Gasteiger partial charge in [0.25, 0.3) is 0 Å². The van der Waals surface area contributed by atoms with Gasteiger partial charge >= 0.3 is 0 Å².